The molecule has 84 valence electrons. The molecule has 0 radical (unpaired) electrons. The zero-order valence-corrected chi connectivity index (χ0v) is 9.44. The van der Waals surface area contributed by atoms with E-state index < -0.39 is 0 Å². The van der Waals surface area contributed by atoms with Crippen LogP contribution in [0, 0.1) is 6.92 Å². The monoisotopic (exact) mass is 224 g/mol. The molecule has 0 amide bonds. The number of fused-ring (bicyclic) bond motifs is 1. The summed E-state index contributed by atoms with van der Waals surface area (Å²) in [7, 11) is 0. The molecule has 1 aromatic carbocycles. The predicted octanol–water partition coefficient (Wildman–Crippen LogP) is 2.52. The second kappa shape index (κ2) is 3.59. The number of anilines is 1. The Morgan fingerprint density at radius 3 is 2.65 bits per heavy atom. The zero-order chi connectivity index (χ0) is 11.8. The molecule has 0 aliphatic rings. The summed E-state index contributed by atoms with van der Waals surface area (Å²) in [6, 6.07) is 11.6. The first-order valence-corrected chi connectivity index (χ1v) is 5.42. The Bertz CT molecular complexity index is 685. The van der Waals surface area contributed by atoms with Gasteiger partial charge in [-0.3, -0.25) is 0 Å². The summed E-state index contributed by atoms with van der Waals surface area (Å²) < 4.78 is 0. The topological polar surface area (TPSA) is 67.6 Å². The van der Waals surface area contributed by atoms with Crippen LogP contribution in [0.3, 0.4) is 0 Å². The summed E-state index contributed by atoms with van der Waals surface area (Å²) >= 11 is 0. The molecule has 4 nitrogen and oxygen atoms in total. The molecule has 0 fully saturated rings. The number of pyridine rings is 1. The van der Waals surface area contributed by atoms with E-state index in [1.54, 1.807) is 0 Å². The van der Waals surface area contributed by atoms with Gasteiger partial charge in [-0.25, -0.2) is 9.97 Å². The van der Waals surface area contributed by atoms with Crippen LogP contribution in [0.25, 0.3) is 22.6 Å². The van der Waals surface area contributed by atoms with Crippen LogP contribution in [0.2, 0.25) is 0 Å². The summed E-state index contributed by atoms with van der Waals surface area (Å²) in [5, 5.41) is 0. The van der Waals surface area contributed by atoms with Gasteiger partial charge in [-0.2, -0.15) is 0 Å². The maximum atomic E-state index is 5.87. The maximum absolute atomic E-state index is 5.87. The van der Waals surface area contributed by atoms with Crippen LogP contribution in [-0.2, 0) is 0 Å². The summed E-state index contributed by atoms with van der Waals surface area (Å²) in [5.74, 6) is 0.751. The fourth-order valence-corrected chi connectivity index (χ4v) is 1.85. The SMILES string of the molecule is Cc1cccc(-c2nc3c(N)cccc3[nH]2)n1. The van der Waals surface area contributed by atoms with E-state index in [1.165, 1.54) is 0 Å². The number of aryl methyl sites for hydroxylation is 1. The fourth-order valence-electron chi connectivity index (χ4n) is 1.85. The van der Waals surface area contributed by atoms with Crippen molar-refractivity contribution in [1.82, 2.24) is 15.0 Å². The number of rotatable bonds is 1. The number of nitrogens with zero attached hydrogens (tertiary/aromatic N) is 2. The summed E-state index contributed by atoms with van der Waals surface area (Å²) in [6.07, 6.45) is 0. The molecule has 2 heterocycles. The van der Waals surface area contributed by atoms with E-state index >= 15 is 0 Å². The smallest absolute Gasteiger partial charge is 0.157 e. The number of hydrogen-bond donors (Lipinski definition) is 2. The number of hydrogen-bond acceptors (Lipinski definition) is 3. The van der Waals surface area contributed by atoms with Crippen molar-refractivity contribution in [2.45, 2.75) is 6.92 Å². The van der Waals surface area contributed by atoms with Crippen LogP contribution in [0.15, 0.2) is 36.4 Å². The van der Waals surface area contributed by atoms with Gasteiger partial charge in [-0.1, -0.05) is 12.1 Å². The Hall–Kier alpha value is -2.36. The highest BCUT2D eigenvalue weighted by Crippen LogP contribution is 2.22. The Balaban J connectivity index is 2.22. The summed E-state index contributed by atoms with van der Waals surface area (Å²) in [4.78, 5) is 12.1. The molecule has 0 aliphatic carbocycles. The number of nitrogens with two attached hydrogens (primary N) is 1. The molecule has 0 aliphatic heterocycles. The molecule has 0 atom stereocenters. The fraction of sp³-hybridized carbons (Fsp3) is 0.0769. The molecule has 0 saturated carbocycles. The van der Waals surface area contributed by atoms with Gasteiger partial charge >= 0.3 is 0 Å². The quantitative estimate of drug-likeness (QED) is 0.624. The van der Waals surface area contributed by atoms with E-state index in [0.717, 1.165) is 28.2 Å². The van der Waals surface area contributed by atoms with Crippen LogP contribution in [0.5, 0.6) is 0 Å². The minimum absolute atomic E-state index is 0.678. The van der Waals surface area contributed by atoms with Crippen molar-refractivity contribution in [2.24, 2.45) is 0 Å². The van der Waals surface area contributed by atoms with Crippen LogP contribution in [0.4, 0.5) is 5.69 Å². The van der Waals surface area contributed by atoms with Crippen molar-refractivity contribution in [2.75, 3.05) is 5.73 Å². The van der Waals surface area contributed by atoms with Crippen molar-refractivity contribution in [3.8, 4) is 11.5 Å². The molecular weight excluding hydrogens is 212 g/mol. The van der Waals surface area contributed by atoms with E-state index in [4.69, 9.17) is 5.73 Å². The van der Waals surface area contributed by atoms with Gasteiger partial charge < -0.3 is 10.7 Å². The molecule has 0 saturated heterocycles. The molecule has 4 heteroatoms. The molecule has 17 heavy (non-hydrogen) atoms. The normalized spacial score (nSPS) is 10.9. The number of benzene rings is 1. The van der Waals surface area contributed by atoms with Crippen LogP contribution in [-0.4, -0.2) is 15.0 Å². The lowest BCUT2D eigenvalue weighted by atomic mass is 10.3. The first kappa shape index (κ1) is 9.84. The zero-order valence-electron chi connectivity index (χ0n) is 9.44. The van der Waals surface area contributed by atoms with Gasteiger partial charge in [0.2, 0.25) is 0 Å². The van der Waals surface area contributed by atoms with Gasteiger partial charge in [-0.05, 0) is 31.2 Å². The van der Waals surface area contributed by atoms with E-state index in [2.05, 4.69) is 15.0 Å². The standard InChI is InChI=1S/C13H12N4/c1-8-4-2-7-11(15-8)13-16-10-6-3-5-9(14)12(10)17-13/h2-7H,14H2,1H3,(H,16,17). The highest BCUT2D eigenvalue weighted by atomic mass is 15.0. The lowest BCUT2D eigenvalue weighted by Crippen LogP contribution is -1.88. The minimum atomic E-state index is 0.678. The van der Waals surface area contributed by atoms with Crippen LogP contribution < -0.4 is 5.73 Å². The second-order valence-corrected chi connectivity index (χ2v) is 3.99. The van der Waals surface area contributed by atoms with E-state index in [0.29, 0.717) is 5.69 Å². The number of nitrogen functional groups attached to an aromatic ring is 1. The van der Waals surface area contributed by atoms with Crippen LogP contribution in [0.1, 0.15) is 5.69 Å². The third-order valence-corrected chi connectivity index (χ3v) is 2.67. The van der Waals surface area contributed by atoms with Crippen molar-refractivity contribution < 1.29 is 0 Å². The molecule has 2 aromatic heterocycles. The Kier molecular flexibility index (Phi) is 2.08. The van der Waals surface area contributed by atoms with E-state index in [9.17, 15) is 0 Å². The van der Waals surface area contributed by atoms with Gasteiger partial charge in [0.25, 0.3) is 0 Å². The second-order valence-electron chi connectivity index (χ2n) is 3.99. The molecule has 3 rings (SSSR count). The Morgan fingerprint density at radius 2 is 1.88 bits per heavy atom. The third kappa shape index (κ3) is 1.63. The minimum Gasteiger partial charge on any atom is -0.397 e. The number of aromatic nitrogens is 3. The predicted molar refractivity (Wildman–Crippen MR) is 68.5 cm³/mol. The number of para-hydroxylation sites is 1. The highest BCUT2D eigenvalue weighted by Gasteiger charge is 2.07. The Labute approximate surface area is 98.5 Å². The number of imidazole rings is 1. The van der Waals surface area contributed by atoms with Gasteiger partial charge in [0.1, 0.15) is 11.2 Å². The lowest BCUT2D eigenvalue weighted by molar-refractivity contribution is 1.17. The first-order chi connectivity index (χ1) is 8.24. The molecule has 0 unspecified atom stereocenters. The Morgan fingerprint density at radius 1 is 1.06 bits per heavy atom. The van der Waals surface area contributed by atoms with E-state index in [1.807, 2.05) is 43.3 Å². The number of aromatic amines is 1. The van der Waals surface area contributed by atoms with Crippen molar-refractivity contribution in [3.63, 3.8) is 0 Å². The van der Waals surface area contributed by atoms with Gasteiger partial charge in [-0.15, -0.1) is 0 Å². The third-order valence-electron chi connectivity index (χ3n) is 2.67. The average Bonchev–Trinajstić information content (AvgIpc) is 2.74. The number of nitrogens with one attached hydrogen (secondary N) is 1. The van der Waals surface area contributed by atoms with Crippen molar-refractivity contribution in [1.29, 1.82) is 0 Å². The first-order valence-electron chi connectivity index (χ1n) is 5.42. The average molecular weight is 224 g/mol. The molecule has 0 bridgehead atoms. The largest absolute Gasteiger partial charge is 0.397 e. The lowest BCUT2D eigenvalue weighted by Gasteiger charge is -1.96. The molecule has 0 spiro atoms. The van der Waals surface area contributed by atoms with Gasteiger partial charge in [0.05, 0.1) is 11.2 Å². The number of H-pyrrole nitrogens is 1. The molecule has 3 aromatic rings. The van der Waals surface area contributed by atoms with Gasteiger partial charge in [0.15, 0.2) is 5.82 Å². The van der Waals surface area contributed by atoms with Gasteiger partial charge in [0, 0.05) is 5.69 Å². The highest BCUT2D eigenvalue weighted by molar-refractivity contribution is 5.88. The van der Waals surface area contributed by atoms with Crippen molar-refractivity contribution in [3.05, 3.63) is 42.1 Å². The van der Waals surface area contributed by atoms with Crippen molar-refractivity contribution >= 4 is 16.7 Å². The van der Waals surface area contributed by atoms with Crippen LogP contribution >= 0.6 is 0 Å². The molecular formula is C13H12N4. The van der Waals surface area contributed by atoms with E-state index in [-0.39, 0.29) is 0 Å². The summed E-state index contributed by atoms with van der Waals surface area (Å²) in [6.45, 7) is 1.96. The maximum Gasteiger partial charge on any atom is 0.157 e. The molecule has 3 N–H and O–H groups in total. The summed E-state index contributed by atoms with van der Waals surface area (Å²) in [5.41, 5.74) is 10.1.